The molecule has 4 rings (SSSR count). The molecule has 29 heavy (non-hydrogen) atoms. The standard InChI is InChI=1S/C22H26ClN3O3/c23-20-6-2-1-4-18(20)14-26-10-11-28-16-22(15-26)8-7-19(29-22)13-25-21(27)17-5-3-9-24-12-17/h1-6,9,12,19H,7-8,10-11,13-16H2,(H,25,27)/t19-,22-/m1/s1. The number of aromatic nitrogens is 1. The van der Waals surface area contributed by atoms with Crippen molar-refractivity contribution in [1.29, 1.82) is 0 Å². The van der Waals surface area contributed by atoms with E-state index in [2.05, 4.69) is 21.3 Å². The van der Waals surface area contributed by atoms with E-state index in [1.807, 2.05) is 18.2 Å². The lowest BCUT2D eigenvalue weighted by atomic mass is 10.00. The summed E-state index contributed by atoms with van der Waals surface area (Å²) < 4.78 is 12.3. The van der Waals surface area contributed by atoms with Crippen LogP contribution >= 0.6 is 11.6 Å². The van der Waals surface area contributed by atoms with Crippen molar-refractivity contribution in [2.75, 3.05) is 32.8 Å². The first kappa shape index (κ1) is 20.3. The van der Waals surface area contributed by atoms with Gasteiger partial charge in [-0.15, -0.1) is 0 Å². The minimum atomic E-state index is -0.332. The molecule has 0 unspecified atom stereocenters. The molecule has 1 amide bonds. The molecule has 1 aromatic heterocycles. The highest BCUT2D eigenvalue weighted by atomic mass is 35.5. The molecule has 1 spiro atoms. The van der Waals surface area contributed by atoms with Gasteiger partial charge in [0, 0.05) is 43.6 Å². The van der Waals surface area contributed by atoms with Crippen molar-refractivity contribution in [3.63, 3.8) is 0 Å². The minimum Gasteiger partial charge on any atom is -0.377 e. The second-order valence-electron chi connectivity index (χ2n) is 7.77. The van der Waals surface area contributed by atoms with Gasteiger partial charge in [0.2, 0.25) is 0 Å². The molecule has 2 aliphatic rings. The van der Waals surface area contributed by atoms with Crippen LogP contribution in [0.15, 0.2) is 48.8 Å². The summed E-state index contributed by atoms with van der Waals surface area (Å²) in [4.78, 5) is 18.6. The van der Waals surface area contributed by atoms with Crippen molar-refractivity contribution < 1.29 is 14.3 Å². The quantitative estimate of drug-likeness (QED) is 0.813. The lowest BCUT2D eigenvalue weighted by Gasteiger charge is -2.32. The van der Waals surface area contributed by atoms with Gasteiger partial charge in [-0.2, -0.15) is 0 Å². The SMILES string of the molecule is O=C(NC[C@H]1CC[C@@]2(COCCN(Cc3ccccc3Cl)C2)O1)c1cccnc1. The van der Waals surface area contributed by atoms with E-state index in [-0.39, 0.29) is 17.6 Å². The highest BCUT2D eigenvalue weighted by Crippen LogP contribution is 2.33. The molecule has 6 nitrogen and oxygen atoms in total. The van der Waals surface area contributed by atoms with E-state index in [1.165, 1.54) is 0 Å². The van der Waals surface area contributed by atoms with E-state index in [4.69, 9.17) is 21.1 Å². The molecule has 2 aliphatic heterocycles. The zero-order valence-corrected chi connectivity index (χ0v) is 17.1. The van der Waals surface area contributed by atoms with Crippen molar-refractivity contribution in [3.05, 3.63) is 64.9 Å². The van der Waals surface area contributed by atoms with E-state index < -0.39 is 0 Å². The van der Waals surface area contributed by atoms with Gasteiger partial charge in [0.1, 0.15) is 5.60 Å². The number of hydrogen-bond acceptors (Lipinski definition) is 5. The largest absolute Gasteiger partial charge is 0.377 e. The van der Waals surface area contributed by atoms with Crippen LogP contribution in [0, 0.1) is 0 Å². The topological polar surface area (TPSA) is 63.7 Å². The first-order valence-corrected chi connectivity index (χ1v) is 10.4. The molecule has 0 aliphatic carbocycles. The Kier molecular flexibility index (Phi) is 6.45. The molecule has 1 aromatic carbocycles. The van der Waals surface area contributed by atoms with Crippen molar-refractivity contribution >= 4 is 17.5 Å². The fourth-order valence-corrected chi connectivity index (χ4v) is 4.25. The number of hydrogen-bond donors (Lipinski definition) is 1. The molecular formula is C22H26ClN3O3. The number of halogens is 1. The minimum absolute atomic E-state index is 0.0144. The third kappa shape index (κ3) is 5.14. The first-order chi connectivity index (χ1) is 14.1. The molecule has 0 bridgehead atoms. The monoisotopic (exact) mass is 415 g/mol. The fourth-order valence-electron chi connectivity index (χ4n) is 4.05. The zero-order chi connectivity index (χ0) is 20.1. The van der Waals surface area contributed by atoms with E-state index >= 15 is 0 Å². The predicted molar refractivity (Wildman–Crippen MR) is 111 cm³/mol. The Bertz CT molecular complexity index is 835. The molecule has 0 radical (unpaired) electrons. The Morgan fingerprint density at radius 3 is 3.03 bits per heavy atom. The smallest absolute Gasteiger partial charge is 0.252 e. The highest BCUT2D eigenvalue weighted by Gasteiger charge is 2.43. The number of nitrogens with one attached hydrogen (secondary N) is 1. The zero-order valence-electron chi connectivity index (χ0n) is 16.4. The average Bonchev–Trinajstić information content (AvgIpc) is 3.03. The molecule has 2 aromatic rings. The average molecular weight is 416 g/mol. The van der Waals surface area contributed by atoms with Gasteiger partial charge in [-0.25, -0.2) is 0 Å². The van der Waals surface area contributed by atoms with Gasteiger partial charge in [0.05, 0.1) is 24.9 Å². The summed E-state index contributed by atoms with van der Waals surface area (Å²) in [6.07, 6.45) is 5.02. The van der Waals surface area contributed by atoms with Gasteiger partial charge in [-0.3, -0.25) is 14.7 Å². The second kappa shape index (κ2) is 9.22. The van der Waals surface area contributed by atoms with Gasteiger partial charge in [0.25, 0.3) is 5.91 Å². The van der Waals surface area contributed by atoms with Crippen LogP contribution < -0.4 is 5.32 Å². The molecule has 1 N–H and O–H groups in total. The van der Waals surface area contributed by atoms with Crippen LogP contribution in [-0.2, 0) is 16.0 Å². The molecule has 2 saturated heterocycles. The van der Waals surface area contributed by atoms with Crippen molar-refractivity contribution in [3.8, 4) is 0 Å². The van der Waals surface area contributed by atoms with Crippen LogP contribution in [0.25, 0.3) is 0 Å². The van der Waals surface area contributed by atoms with Crippen LogP contribution in [0.1, 0.15) is 28.8 Å². The number of rotatable bonds is 5. The van der Waals surface area contributed by atoms with Crippen LogP contribution in [0.3, 0.4) is 0 Å². The van der Waals surface area contributed by atoms with Gasteiger partial charge >= 0.3 is 0 Å². The Morgan fingerprint density at radius 1 is 1.31 bits per heavy atom. The predicted octanol–water partition coefficient (Wildman–Crippen LogP) is 2.92. The van der Waals surface area contributed by atoms with E-state index in [0.29, 0.717) is 25.3 Å². The number of pyridine rings is 1. The Balaban J connectivity index is 1.34. The van der Waals surface area contributed by atoms with Crippen molar-refractivity contribution in [2.45, 2.75) is 31.1 Å². The van der Waals surface area contributed by atoms with Gasteiger partial charge < -0.3 is 14.8 Å². The molecule has 7 heteroatoms. The number of amides is 1. The summed E-state index contributed by atoms with van der Waals surface area (Å²) >= 11 is 6.35. The number of benzene rings is 1. The summed E-state index contributed by atoms with van der Waals surface area (Å²) in [7, 11) is 0. The van der Waals surface area contributed by atoms with Crippen LogP contribution in [0.2, 0.25) is 5.02 Å². The number of nitrogens with zero attached hydrogens (tertiary/aromatic N) is 2. The van der Waals surface area contributed by atoms with Crippen LogP contribution in [0.5, 0.6) is 0 Å². The molecular weight excluding hydrogens is 390 g/mol. The Hall–Kier alpha value is -1.99. The van der Waals surface area contributed by atoms with E-state index in [9.17, 15) is 4.79 Å². The highest BCUT2D eigenvalue weighted by molar-refractivity contribution is 6.31. The second-order valence-corrected chi connectivity index (χ2v) is 8.18. The van der Waals surface area contributed by atoms with Crippen molar-refractivity contribution in [2.24, 2.45) is 0 Å². The summed E-state index contributed by atoms with van der Waals surface area (Å²) in [5, 5.41) is 3.75. The van der Waals surface area contributed by atoms with E-state index in [0.717, 1.165) is 43.1 Å². The van der Waals surface area contributed by atoms with Gasteiger partial charge in [-0.1, -0.05) is 29.8 Å². The molecule has 2 atom stereocenters. The molecule has 3 heterocycles. The van der Waals surface area contributed by atoms with Gasteiger partial charge in [-0.05, 0) is 36.6 Å². The van der Waals surface area contributed by atoms with Gasteiger partial charge in [0.15, 0.2) is 0 Å². The fraction of sp³-hybridized carbons (Fsp3) is 0.455. The Labute approximate surface area is 176 Å². The number of carbonyl (C=O) groups is 1. The summed E-state index contributed by atoms with van der Waals surface area (Å²) in [6, 6.07) is 11.5. The summed E-state index contributed by atoms with van der Waals surface area (Å²) in [5.41, 5.74) is 1.34. The van der Waals surface area contributed by atoms with E-state index in [1.54, 1.807) is 24.5 Å². The lowest BCUT2D eigenvalue weighted by Crippen LogP contribution is -2.45. The Morgan fingerprint density at radius 2 is 2.21 bits per heavy atom. The molecule has 2 fully saturated rings. The summed E-state index contributed by atoms with van der Waals surface area (Å²) in [5.74, 6) is -0.125. The maximum absolute atomic E-state index is 12.3. The van der Waals surface area contributed by atoms with Crippen LogP contribution in [0.4, 0.5) is 0 Å². The third-order valence-electron chi connectivity index (χ3n) is 5.53. The van der Waals surface area contributed by atoms with Crippen molar-refractivity contribution in [1.82, 2.24) is 15.2 Å². The first-order valence-electron chi connectivity index (χ1n) is 10.0. The summed E-state index contributed by atoms with van der Waals surface area (Å²) in [6.45, 7) is 4.16. The van der Waals surface area contributed by atoms with Crippen LogP contribution in [-0.4, -0.2) is 60.3 Å². The number of carbonyl (C=O) groups excluding carboxylic acids is 1. The molecule has 0 saturated carbocycles. The lowest BCUT2D eigenvalue weighted by molar-refractivity contribution is -0.0849. The number of ether oxygens (including phenoxy) is 2. The third-order valence-corrected chi connectivity index (χ3v) is 5.90. The normalized spacial score (nSPS) is 25.1. The maximum atomic E-state index is 12.3. The maximum Gasteiger partial charge on any atom is 0.252 e. The molecule has 154 valence electrons.